The summed E-state index contributed by atoms with van der Waals surface area (Å²) in [5.74, 6) is 1.12. The lowest BCUT2D eigenvalue weighted by Crippen LogP contribution is -2.49. The van der Waals surface area contributed by atoms with Crippen LogP contribution in [0.4, 0.5) is 5.95 Å². The first-order chi connectivity index (χ1) is 15.2. The minimum Gasteiger partial charge on any atom is -0.481 e. The second kappa shape index (κ2) is 8.46. The first kappa shape index (κ1) is 19.7. The molecule has 3 aromatic heterocycles. The lowest BCUT2D eigenvalue weighted by molar-refractivity contribution is 0.0704. The number of ether oxygens (including phenoxy) is 2. The maximum absolute atomic E-state index is 13.1. The maximum Gasteiger partial charge on any atom is 0.255 e. The SMILES string of the molecule is COc1ccnc(N2CCN(C(=O)c3cnc4c(c3)ncn4C3CCOCC3)CC2)n1. The molecule has 10 heteroatoms. The maximum atomic E-state index is 13.1. The van der Waals surface area contributed by atoms with Crippen LogP contribution in [0.1, 0.15) is 29.2 Å². The van der Waals surface area contributed by atoms with Gasteiger partial charge in [0, 0.05) is 63.9 Å². The van der Waals surface area contributed by atoms with Crippen LogP contribution in [0.25, 0.3) is 11.2 Å². The minimum atomic E-state index is -0.0266. The number of hydrogen-bond acceptors (Lipinski definition) is 8. The summed E-state index contributed by atoms with van der Waals surface area (Å²) in [4.78, 5) is 34.7. The molecule has 0 N–H and O–H groups in total. The van der Waals surface area contributed by atoms with E-state index in [0.717, 1.165) is 37.2 Å². The highest BCUT2D eigenvalue weighted by atomic mass is 16.5. The molecule has 2 fully saturated rings. The summed E-state index contributed by atoms with van der Waals surface area (Å²) < 4.78 is 12.7. The third kappa shape index (κ3) is 3.90. The van der Waals surface area contributed by atoms with E-state index in [4.69, 9.17) is 9.47 Å². The Morgan fingerprint density at radius 3 is 2.71 bits per heavy atom. The van der Waals surface area contributed by atoms with Crippen LogP contribution in [-0.4, -0.2) is 81.8 Å². The number of pyridine rings is 1. The van der Waals surface area contributed by atoms with Gasteiger partial charge >= 0.3 is 0 Å². The van der Waals surface area contributed by atoms with Gasteiger partial charge in [-0.05, 0) is 18.9 Å². The van der Waals surface area contributed by atoms with Gasteiger partial charge in [-0.1, -0.05) is 0 Å². The summed E-state index contributed by atoms with van der Waals surface area (Å²) in [5.41, 5.74) is 2.14. The molecule has 2 saturated heterocycles. The van der Waals surface area contributed by atoms with Gasteiger partial charge < -0.3 is 23.8 Å². The quantitative estimate of drug-likeness (QED) is 0.623. The predicted octanol–water partition coefficient (Wildman–Crippen LogP) is 1.54. The molecular formula is C21H25N7O3. The molecule has 0 unspecified atom stereocenters. The second-order valence-corrected chi connectivity index (χ2v) is 7.74. The Bertz CT molecular complexity index is 1070. The molecule has 0 saturated carbocycles. The van der Waals surface area contributed by atoms with Crippen molar-refractivity contribution in [1.82, 2.24) is 29.4 Å². The first-order valence-corrected chi connectivity index (χ1v) is 10.5. The van der Waals surface area contributed by atoms with Gasteiger partial charge in [-0.3, -0.25) is 4.79 Å². The zero-order valence-electron chi connectivity index (χ0n) is 17.5. The van der Waals surface area contributed by atoms with Crippen molar-refractivity contribution >= 4 is 23.0 Å². The summed E-state index contributed by atoms with van der Waals surface area (Å²) in [6, 6.07) is 3.91. The summed E-state index contributed by atoms with van der Waals surface area (Å²) in [7, 11) is 1.58. The van der Waals surface area contributed by atoms with Crippen LogP contribution < -0.4 is 9.64 Å². The fourth-order valence-electron chi connectivity index (χ4n) is 4.16. The van der Waals surface area contributed by atoms with Crippen LogP contribution in [0.5, 0.6) is 5.88 Å². The molecule has 162 valence electrons. The van der Waals surface area contributed by atoms with Gasteiger partial charge in [-0.15, -0.1) is 0 Å². The molecule has 10 nitrogen and oxygen atoms in total. The second-order valence-electron chi connectivity index (χ2n) is 7.74. The Balaban J connectivity index is 1.27. The van der Waals surface area contributed by atoms with E-state index < -0.39 is 0 Å². The molecule has 0 aromatic carbocycles. The van der Waals surface area contributed by atoms with Crippen molar-refractivity contribution in [1.29, 1.82) is 0 Å². The lowest BCUT2D eigenvalue weighted by Gasteiger charge is -2.34. The molecular weight excluding hydrogens is 398 g/mol. The van der Waals surface area contributed by atoms with E-state index in [2.05, 4.69) is 29.4 Å². The summed E-state index contributed by atoms with van der Waals surface area (Å²) >= 11 is 0. The van der Waals surface area contributed by atoms with Gasteiger partial charge in [-0.2, -0.15) is 4.98 Å². The average molecular weight is 423 g/mol. The molecule has 31 heavy (non-hydrogen) atoms. The fraction of sp³-hybridized carbons (Fsp3) is 0.476. The Morgan fingerprint density at radius 1 is 1.13 bits per heavy atom. The molecule has 3 aromatic rings. The van der Waals surface area contributed by atoms with Crippen LogP contribution in [0.2, 0.25) is 0 Å². The van der Waals surface area contributed by atoms with E-state index in [1.807, 2.05) is 17.3 Å². The molecule has 0 spiro atoms. The van der Waals surface area contributed by atoms with Gasteiger partial charge in [0.1, 0.15) is 5.52 Å². The lowest BCUT2D eigenvalue weighted by atomic mass is 10.1. The van der Waals surface area contributed by atoms with Crippen molar-refractivity contribution in [2.45, 2.75) is 18.9 Å². The zero-order chi connectivity index (χ0) is 21.2. The Hall–Kier alpha value is -3.27. The van der Waals surface area contributed by atoms with Crippen LogP contribution in [-0.2, 0) is 4.74 Å². The van der Waals surface area contributed by atoms with Crippen molar-refractivity contribution in [3.05, 3.63) is 36.4 Å². The van der Waals surface area contributed by atoms with E-state index in [-0.39, 0.29) is 5.91 Å². The average Bonchev–Trinajstić information content (AvgIpc) is 3.27. The monoisotopic (exact) mass is 423 g/mol. The number of carbonyl (C=O) groups excluding carboxylic acids is 1. The molecule has 2 aliphatic rings. The number of anilines is 1. The third-order valence-electron chi connectivity index (χ3n) is 5.92. The molecule has 0 atom stereocenters. The van der Waals surface area contributed by atoms with Gasteiger partial charge in [0.15, 0.2) is 5.65 Å². The van der Waals surface area contributed by atoms with E-state index in [1.54, 1.807) is 25.6 Å². The van der Waals surface area contributed by atoms with Crippen molar-refractivity contribution in [2.75, 3.05) is 51.4 Å². The van der Waals surface area contributed by atoms with Crippen LogP contribution in [0, 0.1) is 0 Å². The zero-order valence-corrected chi connectivity index (χ0v) is 17.5. The highest BCUT2D eigenvalue weighted by molar-refractivity contribution is 5.96. The predicted molar refractivity (Wildman–Crippen MR) is 113 cm³/mol. The molecule has 0 aliphatic carbocycles. The molecule has 2 aliphatic heterocycles. The summed E-state index contributed by atoms with van der Waals surface area (Å²) in [5, 5.41) is 0. The van der Waals surface area contributed by atoms with Crippen molar-refractivity contribution in [2.24, 2.45) is 0 Å². The Morgan fingerprint density at radius 2 is 1.94 bits per heavy atom. The number of nitrogens with zero attached hydrogens (tertiary/aromatic N) is 7. The number of fused-ring (bicyclic) bond motifs is 1. The number of rotatable bonds is 4. The normalized spacial score (nSPS) is 17.8. The molecule has 0 bridgehead atoms. The molecule has 5 heterocycles. The van der Waals surface area contributed by atoms with Crippen LogP contribution in [0.15, 0.2) is 30.9 Å². The summed E-state index contributed by atoms with van der Waals surface area (Å²) in [6.45, 7) is 4.02. The fourth-order valence-corrected chi connectivity index (χ4v) is 4.16. The first-order valence-electron chi connectivity index (χ1n) is 10.5. The highest BCUT2D eigenvalue weighted by Gasteiger charge is 2.25. The molecule has 5 rings (SSSR count). The van der Waals surface area contributed by atoms with Gasteiger partial charge in [0.25, 0.3) is 5.91 Å². The smallest absolute Gasteiger partial charge is 0.255 e. The number of hydrogen-bond donors (Lipinski definition) is 0. The van der Waals surface area contributed by atoms with Crippen molar-refractivity contribution in [3.63, 3.8) is 0 Å². The van der Waals surface area contributed by atoms with E-state index in [0.29, 0.717) is 49.6 Å². The topological polar surface area (TPSA) is 98.5 Å². The van der Waals surface area contributed by atoms with Gasteiger partial charge in [0.05, 0.1) is 19.0 Å². The third-order valence-corrected chi connectivity index (χ3v) is 5.92. The minimum absolute atomic E-state index is 0.0266. The highest BCUT2D eigenvalue weighted by Crippen LogP contribution is 2.25. The van der Waals surface area contributed by atoms with Gasteiger partial charge in [-0.25, -0.2) is 15.0 Å². The Kier molecular flexibility index (Phi) is 5.37. The number of piperazine rings is 1. The van der Waals surface area contributed by atoms with Gasteiger partial charge in [0.2, 0.25) is 11.8 Å². The van der Waals surface area contributed by atoms with Crippen molar-refractivity contribution < 1.29 is 14.3 Å². The summed E-state index contributed by atoms with van der Waals surface area (Å²) in [6.07, 6.45) is 7.08. The largest absolute Gasteiger partial charge is 0.481 e. The number of aromatic nitrogens is 5. The van der Waals surface area contributed by atoms with E-state index in [1.165, 1.54) is 0 Å². The number of imidazole rings is 1. The van der Waals surface area contributed by atoms with Crippen molar-refractivity contribution in [3.8, 4) is 5.88 Å². The number of methoxy groups -OCH3 is 1. The standard InChI is InChI=1S/C21H25N7O3/c1-30-18-2-5-22-21(25-18)27-8-6-26(7-9-27)20(29)15-12-17-19(23-13-15)28(14-24-17)16-3-10-31-11-4-16/h2,5,12-14,16H,3-4,6-11H2,1H3. The van der Waals surface area contributed by atoms with Crippen LogP contribution >= 0.6 is 0 Å². The van der Waals surface area contributed by atoms with E-state index >= 15 is 0 Å². The number of amides is 1. The molecule has 0 radical (unpaired) electrons. The number of carbonyl (C=O) groups is 1. The van der Waals surface area contributed by atoms with Crippen LogP contribution in [0.3, 0.4) is 0 Å². The molecule has 1 amide bonds. The van der Waals surface area contributed by atoms with E-state index in [9.17, 15) is 4.79 Å². The Labute approximate surface area is 179 Å².